The maximum atomic E-state index is 14.0. The fraction of sp³-hybridized carbons (Fsp3) is 0.115. The molecule has 0 aliphatic rings. The molecule has 0 fully saturated rings. The number of fused-ring (bicyclic) bond motifs is 1. The van der Waals surface area contributed by atoms with Crippen LogP contribution < -0.4 is 14.1 Å². The highest BCUT2D eigenvalue weighted by molar-refractivity contribution is 14.1. The van der Waals surface area contributed by atoms with Crippen molar-refractivity contribution >= 4 is 58.7 Å². The summed E-state index contributed by atoms with van der Waals surface area (Å²) >= 11 is 8.44. The quantitative estimate of drug-likeness (QED) is 0.119. The number of hydrogen-bond donors (Lipinski definition) is 1. The van der Waals surface area contributed by atoms with Gasteiger partial charge in [-0.2, -0.15) is 5.09 Å². The summed E-state index contributed by atoms with van der Waals surface area (Å²) in [5.74, 6) is -0.105. The summed E-state index contributed by atoms with van der Waals surface area (Å²) in [5, 5.41) is 4.62. The van der Waals surface area contributed by atoms with Gasteiger partial charge in [0.25, 0.3) is 0 Å². The van der Waals surface area contributed by atoms with E-state index in [1.807, 2.05) is 60.7 Å². The van der Waals surface area contributed by atoms with Gasteiger partial charge in [0.15, 0.2) is 0 Å². The topological polar surface area (TPSA) is 73.9 Å². The van der Waals surface area contributed by atoms with Crippen molar-refractivity contribution < 1.29 is 23.1 Å². The molecule has 6 nitrogen and oxygen atoms in total. The molecule has 4 aromatic rings. The highest BCUT2D eigenvalue weighted by Gasteiger charge is 2.35. The van der Waals surface area contributed by atoms with Gasteiger partial charge in [-0.1, -0.05) is 78.3 Å². The highest BCUT2D eigenvalue weighted by atomic mass is 127. The summed E-state index contributed by atoms with van der Waals surface area (Å²) in [4.78, 5) is 12.7. The Bertz CT molecular complexity index is 1380. The molecule has 0 aliphatic carbocycles. The van der Waals surface area contributed by atoms with Crippen molar-refractivity contribution in [2.45, 2.75) is 19.6 Å². The molecule has 0 amide bonds. The normalized spacial score (nSPS) is 13.6. The molecular formula is C26H22ClINO5P. The summed E-state index contributed by atoms with van der Waals surface area (Å²) < 4.78 is 32.0. The van der Waals surface area contributed by atoms with Gasteiger partial charge >= 0.3 is 13.7 Å². The predicted octanol–water partition coefficient (Wildman–Crippen LogP) is 7.39. The number of carbonyl (C=O) groups excluding carboxylic acids is 1. The van der Waals surface area contributed by atoms with Crippen LogP contribution in [0, 0.1) is 3.57 Å². The third-order valence-electron chi connectivity index (χ3n) is 5.01. The Labute approximate surface area is 222 Å². The van der Waals surface area contributed by atoms with Crippen molar-refractivity contribution in [3.63, 3.8) is 0 Å². The standard InChI is InChI=1S/C26H22ClINO5P/c1-18(26(30)32-17-19-8-3-2-4-9-19)29-35(31,34-25-15-14-21(28)16-23(25)27)33-24-13-7-11-20-10-5-6-12-22(20)24/h2-16,18H,17H2,1H3,(H,29,31)/t18-,35?/m0/s1. The maximum absolute atomic E-state index is 14.0. The minimum Gasteiger partial charge on any atom is -0.460 e. The monoisotopic (exact) mass is 621 g/mol. The summed E-state index contributed by atoms with van der Waals surface area (Å²) in [6.45, 7) is 1.62. The van der Waals surface area contributed by atoms with Crippen LogP contribution in [0.2, 0.25) is 5.02 Å². The van der Waals surface area contributed by atoms with Crippen LogP contribution in [0.4, 0.5) is 0 Å². The Hall–Kier alpha value is -2.58. The van der Waals surface area contributed by atoms with Gasteiger partial charge in [-0.05, 0) is 64.7 Å². The van der Waals surface area contributed by atoms with Crippen LogP contribution in [0.25, 0.3) is 10.8 Å². The lowest BCUT2D eigenvalue weighted by Gasteiger charge is -2.24. The zero-order valence-corrected chi connectivity index (χ0v) is 22.5. The van der Waals surface area contributed by atoms with E-state index in [0.717, 1.165) is 19.9 Å². The van der Waals surface area contributed by atoms with E-state index in [2.05, 4.69) is 27.7 Å². The Morgan fingerprint density at radius 3 is 2.40 bits per heavy atom. The van der Waals surface area contributed by atoms with Crippen LogP contribution in [-0.4, -0.2) is 12.0 Å². The van der Waals surface area contributed by atoms with Crippen LogP contribution in [0.15, 0.2) is 91.0 Å². The zero-order chi connectivity index (χ0) is 24.8. The molecule has 0 saturated heterocycles. The molecule has 1 N–H and O–H groups in total. The van der Waals surface area contributed by atoms with Crippen molar-refractivity contribution in [3.05, 3.63) is 105 Å². The number of ether oxygens (including phenoxy) is 1. The van der Waals surface area contributed by atoms with E-state index in [-0.39, 0.29) is 17.4 Å². The summed E-state index contributed by atoms with van der Waals surface area (Å²) in [6.07, 6.45) is 0. The summed E-state index contributed by atoms with van der Waals surface area (Å²) in [7, 11) is -4.15. The molecule has 0 aromatic heterocycles. The van der Waals surface area contributed by atoms with Crippen LogP contribution in [-0.2, 0) is 20.7 Å². The fourth-order valence-corrected chi connectivity index (χ4v) is 5.81. The molecule has 1 unspecified atom stereocenters. The van der Waals surface area contributed by atoms with Crippen molar-refractivity contribution in [2.75, 3.05) is 0 Å². The Kier molecular flexibility index (Phi) is 8.34. The number of nitrogens with one attached hydrogen (secondary N) is 1. The SMILES string of the molecule is C[C@H](NP(=O)(Oc1ccc(I)cc1Cl)Oc1cccc2ccccc12)C(=O)OCc1ccccc1. The second-order valence-corrected chi connectivity index (χ2v) is 10.9. The number of rotatable bonds is 9. The smallest absolute Gasteiger partial charge is 0.460 e. The Morgan fingerprint density at radius 2 is 1.63 bits per heavy atom. The first-order chi connectivity index (χ1) is 16.8. The van der Waals surface area contributed by atoms with Gasteiger partial charge in [0.2, 0.25) is 0 Å². The largest absolute Gasteiger partial charge is 0.513 e. The molecule has 0 bridgehead atoms. The summed E-state index contributed by atoms with van der Waals surface area (Å²) in [5.41, 5.74) is 0.838. The molecule has 2 atom stereocenters. The number of hydrogen-bond acceptors (Lipinski definition) is 5. The van der Waals surface area contributed by atoms with Crippen molar-refractivity contribution in [1.29, 1.82) is 0 Å². The fourth-order valence-electron chi connectivity index (χ4n) is 3.30. The summed E-state index contributed by atoms with van der Waals surface area (Å²) in [6, 6.07) is 26.3. The van der Waals surface area contributed by atoms with Crippen LogP contribution in [0.3, 0.4) is 0 Å². The van der Waals surface area contributed by atoms with Crippen molar-refractivity contribution in [3.8, 4) is 11.5 Å². The minimum atomic E-state index is -4.15. The lowest BCUT2D eigenvalue weighted by molar-refractivity contribution is -0.146. The first-order valence-corrected chi connectivity index (χ1v) is 13.7. The molecular weight excluding hydrogens is 600 g/mol. The Morgan fingerprint density at radius 1 is 0.943 bits per heavy atom. The van der Waals surface area contributed by atoms with Crippen LogP contribution in [0.1, 0.15) is 12.5 Å². The number of esters is 1. The van der Waals surface area contributed by atoms with E-state index in [1.54, 1.807) is 30.3 Å². The van der Waals surface area contributed by atoms with Gasteiger partial charge in [-0.25, -0.2) is 4.57 Å². The molecule has 0 aliphatic heterocycles. The third kappa shape index (κ3) is 6.76. The zero-order valence-electron chi connectivity index (χ0n) is 18.7. The molecule has 0 spiro atoms. The second-order valence-electron chi connectivity index (χ2n) is 7.68. The van der Waals surface area contributed by atoms with Crippen LogP contribution >= 0.6 is 41.9 Å². The third-order valence-corrected chi connectivity index (χ3v) is 7.55. The number of benzene rings is 4. The number of halogens is 2. The molecule has 180 valence electrons. The lowest BCUT2D eigenvalue weighted by atomic mass is 10.1. The maximum Gasteiger partial charge on any atom is 0.513 e. The molecule has 9 heteroatoms. The highest BCUT2D eigenvalue weighted by Crippen LogP contribution is 2.48. The van der Waals surface area contributed by atoms with E-state index in [1.165, 1.54) is 6.92 Å². The molecule has 35 heavy (non-hydrogen) atoms. The predicted molar refractivity (Wildman–Crippen MR) is 146 cm³/mol. The second kappa shape index (κ2) is 11.4. The van der Waals surface area contributed by atoms with Crippen LogP contribution in [0.5, 0.6) is 11.5 Å². The molecule has 4 rings (SSSR count). The molecule has 0 saturated carbocycles. The van der Waals surface area contributed by atoms with E-state index >= 15 is 0 Å². The van der Waals surface area contributed by atoms with Crippen molar-refractivity contribution in [1.82, 2.24) is 5.09 Å². The van der Waals surface area contributed by atoms with Gasteiger partial charge in [-0.3, -0.25) is 4.79 Å². The average Bonchev–Trinajstić information content (AvgIpc) is 2.85. The van der Waals surface area contributed by atoms with Gasteiger partial charge in [0, 0.05) is 8.96 Å². The van der Waals surface area contributed by atoms with E-state index in [0.29, 0.717) is 5.75 Å². The van der Waals surface area contributed by atoms with Gasteiger partial charge in [0.05, 0.1) is 5.02 Å². The lowest BCUT2D eigenvalue weighted by Crippen LogP contribution is -2.35. The molecule has 4 aromatic carbocycles. The first-order valence-electron chi connectivity index (χ1n) is 10.7. The van der Waals surface area contributed by atoms with E-state index < -0.39 is 19.8 Å². The Balaban J connectivity index is 1.59. The molecule has 0 radical (unpaired) electrons. The average molecular weight is 622 g/mol. The van der Waals surface area contributed by atoms with Gasteiger partial charge in [0.1, 0.15) is 24.1 Å². The van der Waals surface area contributed by atoms with Gasteiger partial charge < -0.3 is 13.8 Å². The van der Waals surface area contributed by atoms with E-state index in [9.17, 15) is 9.36 Å². The minimum absolute atomic E-state index is 0.0873. The first kappa shape index (κ1) is 25.5. The molecule has 0 heterocycles. The van der Waals surface area contributed by atoms with E-state index in [4.69, 9.17) is 25.4 Å². The van der Waals surface area contributed by atoms with Crippen molar-refractivity contribution in [2.24, 2.45) is 0 Å². The van der Waals surface area contributed by atoms with Gasteiger partial charge in [-0.15, -0.1) is 0 Å². The number of carbonyl (C=O) groups is 1.